The van der Waals surface area contributed by atoms with Crippen LogP contribution in [0.4, 0.5) is 0 Å². The molecule has 0 aliphatic carbocycles. The summed E-state index contributed by atoms with van der Waals surface area (Å²) >= 11 is 1.38. The smallest absolute Gasteiger partial charge is 0.549 e. The molecule has 0 aliphatic heterocycles. The monoisotopic (exact) mass is 283 g/mol. The van der Waals surface area contributed by atoms with E-state index in [0.29, 0.717) is 0 Å². The van der Waals surface area contributed by atoms with Crippen LogP contribution >= 0.6 is 11.8 Å². The molecule has 1 aromatic heterocycles. The van der Waals surface area contributed by atoms with E-state index in [1.807, 2.05) is 30.5 Å². The molecule has 1 heterocycles. The van der Waals surface area contributed by atoms with Gasteiger partial charge in [0.1, 0.15) is 0 Å². The first-order chi connectivity index (χ1) is 8.77. The first kappa shape index (κ1) is 16.4. The SMILES string of the molecule is O=C([O-])CSCCn1cccc1-c1ccccc1.[Na+]. The van der Waals surface area contributed by atoms with E-state index in [4.69, 9.17) is 0 Å². The second-order valence-electron chi connectivity index (χ2n) is 3.88. The summed E-state index contributed by atoms with van der Waals surface area (Å²) in [6, 6.07) is 14.2. The third kappa shape index (κ3) is 5.07. The van der Waals surface area contributed by atoms with Crippen molar-refractivity contribution in [3.05, 3.63) is 48.7 Å². The number of benzene rings is 1. The zero-order valence-electron chi connectivity index (χ0n) is 10.9. The summed E-state index contributed by atoms with van der Waals surface area (Å²) in [5, 5.41) is 10.3. The van der Waals surface area contributed by atoms with Crippen molar-refractivity contribution in [3.63, 3.8) is 0 Å². The number of carboxylic acid groups (broad SMARTS) is 1. The van der Waals surface area contributed by atoms with E-state index >= 15 is 0 Å². The molecule has 3 nitrogen and oxygen atoms in total. The summed E-state index contributed by atoms with van der Waals surface area (Å²) in [6.45, 7) is 0.801. The summed E-state index contributed by atoms with van der Waals surface area (Å²) in [6.07, 6.45) is 2.02. The Balaban J connectivity index is 0.00000180. The van der Waals surface area contributed by atoms with Gasteiger partial charge in [-0.05, 0) is 17.7 Å². The van der Waals surface area contributed by atoms with Crippen molar-refractivity contribution in [3.8, 4) is 11.3 Å². The van der Waals surface area contributed by atoms with Gasteiger partial charge < -0.3 is 14.5 Å². The van der Waals surface area contributed by atoms with Gasteiger partial charge in [-0.25, -0.2) is 0 Å². The number of aryl methyl sites for hydroxylation is 1. The van der Waals surface area contributed by atoms with Gasteiger partial charge in [-0.2, -0.15) is 11.8 Å². The van der Waals surface area contributed by atoms with Crippen molar-refractivity contribution in [2.75, 3.05) is 11.5 Å². The first-order valence-electron chi connectivity index (χ1n) is 5.75. The van der Waals surface area contributed by atoms with E-state index < -0.39 is 5.97 Å². The maximum atomic E-state index is 10.3. The fourth-order valence-corrected chi connectivity index (χ4v) is 2.44. The standard InChI is InChI=1S/C14H15NO2S.Na/c16-14(17)11-18-10-9-15-8-4-7-13(15)12-5-2-1-3-6-12;/h1-8H,9-11H2,(H,16,17);/q;+1/p-1. The van der Waals surface area contributed by atoms with Gasteiger partial charge in [0.15, 0.2) is 0 Å². The average molecular weight is 283 g/mol. The van der Waals surface area contributed by atoms with Crippen LogP contribution < -0.4 is 34.7 Å². The molecule has 5 heteroatoms. The Hall–Kier alpha value is -0.680. The van der Waals surface area contributed by atoms with E-state index in [-0.39, 0.29) is 35.3 Å². The Labute approximate surface area is 139 Å². The van der Waals surface area contributed by atoms with Crippen LogP contribution in [-0.4, -0.2) is 22.0 Å². The average Bonchev–Trinajstić information content (AvgIpc) is 2.84. The van der Waals surface area contributed by atoms with Crippen molar-refractivity contribution in [2.45, 2.75) is 6.54 Å². The predicted octanol–water partition coefficient (Wildman–Crippen LogP) is -1.36. The van der Waals surface area contributed by atoms with Crippen LogP contribution in [-0.2, 0) is 11.3 Å². The summed E-state index contributed by atoms with van der Waals surface area (Å²) in [4.78, 5) is 10.3. The number of thioether (sulfide) groups is 1. The van der Waals surface area contributed by atoms with Gasteiger partial charge in [0.2, 0.25) is 0 Å². The number of rotatable bonds is 6. The number of carboxylic acids is 1. The fourth-order valence-electron chi connectivity index (χ4n) is 1.80. The summed E-state index contributed by atoms with van der Waals surface area (Å²) in [5.74, 6) is -0.180. The molecule has 19 heavy (non-hydrogen) atoms. The van der Waals surface area contributed by atoms with Crippen molar-refractivity contribution in [2.24, 2.45) is 0 Å². The van der Waals surface area contributed by atoms with E-state index in [1.165, 1.54) is 17.3 Å². The number of hydrogen-bond donors (Lipinski definition) is 0. The zero-order valence-corrected chi connectivity index (χ0v) is 13.7. The number of hydrogen-bond acceptors (Lipinski definition) is 3. The molecule has 0 unspecified atom stereocenters. The Morgan fingerprint density at radius 3 is 2.58 bits per heavy atom. The van der Waals surface area contributed by atoms with Gasteiger partial charge in [0.25, 0.3) is 0 Å². The van der Waals surface area contributed by atoms with Gasteiger partial charge in [-0.1, -0.05) is 30.3 Å². The Morgan fingerprint density at radius 2 is 1.89 bits per heavy atom. The van der Waals surface area contributed by atoms with Gasteiger partial charge in [-0.15, -0.1) is 0 Å². The number of aliphatic carboxylic acids is 1. The molecular weight excluding hydrogens is 269 g/mol. The fraction of sp³-hybridized carbons (Fsp3) is 0.214. The molecule has 1 aromatic carbocycles. The quantitative estimate of drug-likeness (QED) is 0.486. The molecule has 0 N–H and O–H groups in total. The first-order valence-corrected chi connectivity index (χ1v) is 6.91. The molecule has 0 saturated carbocycles. The molecule has 0 atom stereocenters. The van der Waals surface area contributed by atoms with Crippen LogP contribution in [0.5, 0.6) is 0 Å². The predicted molar refractivity (Wildman–Crippen MR) is 72.2 cm³/mol. The van der Waals surface area contributed by atoms with Crippen LogP contribution in [0.2, 0.25) is 0 Å². The third-order valence-corrected chi connectivity index (χ3v) is 3.51. The maximum absolute atomic E-state index is 10.3. The van der Waals surface area contributed by atoms with E-state index in [9.17, 15) is 9.90 Å². The second-order valence-corrected chi connectivity index (χ2v) is 4.98. The molecule has 94 valence electrons. The molecule has 2 rings (SSSR count). The molecule has 0 aliphatic rings. The van der Waals surface area contributed by atoms with Gasteiger partial charge in [0.05, 0.1) is 5.97 Å². The molecule has 0 radical (unpaired) electrons. The molecule has 2 aromatic rings. The third-order valence-electron chi connectivity index (χ3n) is 2.60. The Kier molecular flexibility index (Phi) is 7.31. The topological polar surface area (TPSA) is 45.1 Å². The molecule has 0 spiro atoms. The Bertz CT molecular complexity index is 513. The van der Waals surface area contributed by atoms with Crippen LogP contribution in [0.15, 0.2) is 48.7 Å². The minimum Gasteiger partial charge on any atom is -0.549 e. The van der Waals surface area contributed by atoms with Crippen molar-refractivity contribution in [1.29, 1.82) is 0 Å². The van der Waals surface area contributed by atoms with Crippen LogP contribution in [0.3, 0.4) is 0 Å². The van der Waals surface area contributed by atoms with Crippen molar-refractivity contribution >= 4 is 17.7 Å². The number of carbonyl (C=O) groups is 1. The summed E-state index contributed by atoms with van der Waals surface area (Å²) in [5.41, 5.74) is 2.33. The minimum atomic E-state index is -1.00. The van der Waals surface area contributed by atoms with Crippen molar-refractivity contribution < 1.29 is 39.5 Å². The second kappa shape index (κ2) is 8.48. The zero-order chi connectivity index (χ0) is 12.8. The number of nitrogens with zero attached hydrogens (tertiary/aromatic N) is 1. The van der Waals surface area contributed by atoms with Crippen molar-refractivity contribution in [1.82, 2.24) is 4.57 Å². The summed E-state index contributed by atoms with van der Waals surface area (Å²) < 4.78 is 2.14. The normalized spacial score (nSPS) is 9.89. The molecule has 0 amide bonds. The number of carbonyl (C=O) groups excluding carboxylic acids is 1. The van der Waals surface area contributed by atoms with Crippen LogP contribution in [0, 0.1) is 0 Å². The van der Waals surface area contributed by atoms with E-state index in [2.05, 4.69) is 22.8 Å². The van der Waals surface area contributed by atoms with E-state index in [1.54, 1.807) is 0 Å². The Morgan fingerprint density at radius 1 is 1.16 bits per heavy atom. The van der Waals surface area contributed by atoms with Crippen LogP contribution in [0.25, 0.3) is 11.3 Å². The largest absolute Gasteiger partial charge is 1.00 e. The molecular formula is C14H14NNaO2S. The van der Waals surface area contributed by atoms with Gasteiger partial charge in [-0.3, -0.25) is 0 Å². The molecule has 0 bridgehead atoms. The molecule has 0 fully saturated rings. The van der Waals surface area contributed by atoms with Crippen LogP contribution in [0.1, 0.15) is 0 Å². The maximum Gasteiger partial charge on any atom is 1.00 e. The minimum absolute atomic E-state index is 0. The van der Waals surface area contributed by atoms with Gasteiger partial charge >= 0.3 is 29.6 Å². The number of aromatic nitrogens is 1. The van der Waals surface area contributed by atoms with E-state index in [0.717, 1.165) is 18.0 Å². The van der Waals surface area contributed by atoms with Gasteiger partial charge in [0, 0.05) is 29.9 Å². The summed E-state index contributed by atoms with van der Waals surface area (Å²) in [7, 11) is 0. The molecule has 0 saturated heterocycles.